The summed E-state index contributed by atoms with van der Waals surface area (Å²) in [6.45, 7) is 0. The standard InChI is InChI=1S/C6H10N2O3.ClH/c1-8-4(6(10)11-2)3-5(9)7-8;/h4H,3H2,1-2H3,(H,7,9);1H. The lowest BCUT2D eigenvalue weighted by atomic mass is 10.2. The molecule has 1 amide bonds. The second kappa shape index (κ2) is 4.27. The maximum atomic E-state index is 10.9. The molecule has 0 radical (unpaired) electrons. The number of methoxy groups -OCH3 is 1. The van der Waals surface area contributed by atoms with E-state index in [0.29, 0.717) is 0 Å². The highest BCUT2D eigenvalue weighted by Crippen LogP contribution is 2.08. The number of nitrogens with one attached hydrogen (secondary N) is 1. The Hall–Kier alpha value is -0.810. The molecule has 0 aromatic rings. The van der Waals surface area contributed by atoms with E-state index >= 15 is 0 Å². The minimum atomic E-state index is -0.465. The summed E-state index contributed by atoms with van der Waals surface area (Å²) in [4.78, 5) is 21.6. The molecule has 0 aromatic heterocycles. The van der Waals surface area contributed by atoms with E-state index in [0.717, 1.165) is 0 Å². The largest absolute Gasteiger partial charge is 0.468 e. The summed E-state index contributed by atoms with van der Waals surface area (Å²) in [7, 11) is 2.94. The highest BCUT2D eigenvalue weighted by molar-refractivity contribution is 5.87. The third kappa shape index (κ3) is 2.09. The van der Waals surface area contributed by atoms with E-state index in [1.54, 1.807) is 7.05 Å². The molecule has 5 nitrogen and oxygen atoms in total. The molecule has 1 fully saturated rings. The van der Waals surface area contributed by atoms with Gasteiger partial charge in [0.15, 0.2) is 0 Å². The molecule has 1 rings (SSSR count). The Bertz CT molecular complexity index is 197. The number of nitrogens with zero attached hydrogens (tertiary/aromatic N) is 1. The highest BCUT2D eigenvalue weighted by atomic mass is 35.5. The van der Waals surface area contributed by atoms with Crippen LogP contribution in [0.4, 0.5) is 0 Å². The number of hydrogen-bond donors (Lipinski definition) is 1. The van der Waals surface area contributed by atoms with Gasteiger partial charge in [0.1, 0.15) is 6.04 Å². The van der Waals surface area contributed by atoms with Gasteiger partial charge in [0, 0.05) is 7.05 Å². The van der Waals surface area contributed by atoms with Gasteiger partial charge < -0.3 is 4.74 Å². The lowest BCUT2D eigenvalue weighted by Crippen LogP contribution is -2.39. The third-order valence-corrected chi connectivity index (χ3v) is 1.62. The van der Waals surface area contributed by atoms with E-state index in [1.165, 1.54) is 12.1 Å². The van der Waals surface area contributed by atoms with E-state index < -0.39 is 6.04 Å². The number of hydrogen-bond acceptors (Lipinski definition) is 4. The van der Waals surface area contributed by atoms with Crippen LogP contribution in [0, 0.1) is 0 Å². The van der Waals surface area contributed by atoms with Gasteiger partial charge in [-0.25, -0.2) is 5.01 Å². The van der Waals surface area contributed by atoms with Crippen LogP contribution in [-0.4, -0.2) is 37.1 Å². The molecular weight excluding hydrogens is 184 g/mol. The molecular formula is C6H11ClN2O3. The van der Waals surface area contributed by atoms with E-state index in [1.807, 2.05) is 0 Å². The quantitative estimate of drug-likeness (QED) is 0.562. The fourth-order valence-electron chi connectivity index (χ4n) is 1.01. The van der Waals surface area contributed by atoms with Gasteiger partial charge in [-0.3, -0.25) is 15.0 Å². The van der Waals surface area contributed by atoms with Crippen molar-refractivity contribution < 1.29 is 14.3 Å². The van der Waals surface area contributed by atoms with Crippen molar-refractivity contribution in [1.29, 1.82) is 0 Å². The van der Waals surface area contributed by atoms with Crippen molar-refractivity contribution in [3.63, 3.8) is 0 Å². The zero-order valence-electron chi connectivity index (χ0n) is 6.86. The van der Waals surface area contributed by atoms with Crippen LogP contribution in [-0.2, 0) is 14.3 Å². The van der Waals surface area contributed by atoms with Crippen molar-refractivity contribution in [2.45, 2.75) is 12.5 Å². The lowest BCUT2D eigenvalue weighted by molar-refractivity contribution is -0.146. The Balaban J connectivity index is 0.00000121. The predicted molar refractivity (Wildman–Crippen MR) is 43.6 cm³/mol. The van der Waals surface area contributed by atoms with Gasteiger partial charge in [0.05, 0.1) is 13.5 Å². The predicted octanol–water partition coefficient (Wildman–Crippen LogP) is -0.683. The topological polar surface area (TPSA) is 58.6 Å². The smallest absolute Gasteiger partial charge is 0.325 e. The SMILES string of the molecule is COC(=O)C1CC(=O)NN1C.Cl. The maximum Gasteiger partial charge on any atom is 0.325 e. The second-order valence-corrected chi connectivity index (χ2v) is 2.39. The molecule has 0 bridgehead atoms. The molecule has 1 heterocycles. The summed E-state index contributed by atoms with van der Waals surface area (Å²) in [5, 5.41) is 1.45. The van der Waals surface area contributed by atoms with Crippen molar-refractivity contribution in [3.8, 4) is 0 Å². The molecule has 0 aromatic carbocycles. The zero-order chi connectivity index (χ0) is 8.43. The second-order valence-electron chi connectivity index (χ2n) is 2.39. The third-order valence-electron chi connectivity index (χ3n) is 1.62. The highest BCUT2D eigenvalue weighted by Gasteiger charge is 2.33. The van der Waals surface area contributed by atoms with Crippen LogP contribution in [0.2, 0.25) is 0 Å². The first-order chi connectivity index (χ1) is 5.15. The molecule has 6 heteroatoms. The molecule has 1 N–H and O–H groups in total. The van der Waals surface area contributed by atoms with Crippen LogP contribution >= 0.6 is 12.4 Å². The molecule has 1 aliphatic rings. The van der Waals surface area contributed by atoms with E-state index in [9.17, 15) is 9.59 Å². The number of carbonyl (C=O) groups is 2. The Morgan fingerprint density at radius 1 is 1.75 bits per heavy atom. The van der Waals surface area contributed by atoms with Crippen LogP contribution in [0.5, 0.6) is 0 Å². The molecule has 0 saturated carbocycles. The Labute approximate surface area is 76.4 Å². The van der Waals surface area contributed by atoms with Gasteiger partial charge in [-0.05, 0) is 0 Å². The number of esters is 1. The monoisotopic (exact) mass is 194 g/mol. The molecule has 1 unspecified atom stereocenters. The van der Waals surface area contributed by atoms with Gasteiger partial charge in [0.2, 0.25) is 5.91 Å². The number of ether oxygens (including phenoxy) is 1. The van der Waals surface area contributed by atoms with Crippen LogP contribution in [0.1, 0.15) is 6.42 Å². The summed E-state index contributed by atoms with van der Waals surface area (Å²) < 4.78 is 4.48. The number of likely N-dealkylation sites (N-methyl/N-ethyl adjacent to an activating group) is 1. The summed E-state index contributed by atoms with van der Waals surface area (Å²) >= 11 is 0. The summed E-state index contributed by atoms with van der Waals surface area (Å²) in [6.07, 6.45) is 0.184. The first kappa shape index (κ1) is 11.2. The van der Waals surface area contributed by atoms with E-state index in [2.05, 4.69) is 10.2 Å². The summed E-state index contributed by atoms with van der Waals surface area (Å²) in [5.74, 6) is -0.534. The van der Waals surface area contributed by atoms with Gasteiger partial charge >= 0.3 is 5.97 Å². The maximum absolute atomic E-state index is 10.9. The number of hydrazine groups is 1. The number of halogens is 1. The Morgan fingerprint density at radius 2 is 2.33 bits per heavy atom. The van der Waals surface area contributed by atoms with Crippen molar-refractivity contribution in [3.05, 3.63) is 0 Å². The molecule has 1 atom stereocenters. The average molecular weight is 195 g/mol. The minimum absolute atomic E-state index is 0. The van der Waals surface area contributed by atoms with Crippen molar-refractivity contribution in [2.75, 3.05) is 14.2 Å². The van der Waals surface area contributed by atoms with Gasteiger partial charge in [-0.15, -0.1) is 12.4 Å². The molecule has 0 aliphatic carbocycles. The van der Waals surface area contributed by atoms with Gasteiger partial charge in [0.25, 0.3) is 0 Å². The van der Waals surface area contributed by atoms with Crippen molar-refractivity contribution in [2.24, 2.45) is 0 Å². The fourth-order valence-corrected chi connectivity index (χ4v) is 1.01. The molecule has 0 spiro atoms. The zero-order valence-corrected chi connectivity index (χ0v) is 7.68. The minimum Gasteiger partial charge on any atom is -0.468 e. The number of carbonyl (C=O) groups excluding carboxylic acids is 2. The normalized spacial score (nSPS) is 22.8. The lowest BCUT2D eigenvalue weighted by Gasteiger charge is -2.14. The first-order valence-corrected chi connectivity index (χ1v) is 3.25. The van der Waals surface area contributed by atoms with Crippen molar-refractivity contribution in [1.82, 2.24) is 10.4 Å². The Morgan fingerprint density at radius 3 is 2.67 bits per heavy atom. The fraction of sp³-hybridized carbons (Fsp3) is 0.667. The van der Waals surface area contributed by atoms with Crippen LogP contribution in [0.3, 0.4) is 0 Å². The van der Waals surface area contributed by atoms with Gasteiger partial charge in [-0.2, -0.15) is 0 Å². The number of amides is 1. The number of rotatable bonds is 1. The Kier molecular flexibility index (Phi) is 3.99. The summed E-state index contributed by atoms with van der Waals surface area (Å²) in [5.41, 5.74) is 2.48. The van der Waals surface area contributed by atoms with Crippen LogP contribution in [0.15, 0.2) is 0 Å². The molecule has 70 valence electrons. The first-order valence-electron chi connectivity index (χ1n) is 3.25. The summed E-state index contributed by atoms with van der Waals surface area (Å²) in [6, 6.07) is -0.465. The molecule has 12 heavy (non-hydrogen) atoms. The van der Waals surface area contributed by atoms with E-state index in [-0.39, 0.29) is 30.7 Å². The van der Waals surface area contributed by atoms with E-state index in [4.69, 9.17) is 0 Å². The average Bonchev–Trinajstić information content (AvgIpc) is 2.28. The molecule has 1 aliphatic heterocycles. The van der Waals surface area contributed by atoms with Gasteiger partial charge in [-0.1, -0.05) is 0 Å². The van der Waals surface area contributed by atoms with Crippen LogP contribution in [0.25, 0.3) is 0 Å². The van der Waals surface area contributed by atoms with Crippen molar-refractivity contribution >= 4 is 24.3 Å². The van der Waals surface area contributed by atoms with Crippen LogP contribution < -0.4 is 5.43 Å². The molecule has 1 saturated heterocycles.